The van der Waals surface area contributed by atoms with Crippen LogP contribution in [0, 0.1) is 0 Å². The summed E-state index contributed by atoms with van der Waals surface area (Å²) >= 11 is 25.0. The Bertz CT molecular complexity index is 3960. The molecule has 494 valence electrons. The minimum atomic E-state index is -4.92. The molecule has 3 saturated heterocycles. The number of aryl methyl sites for hydroxylation is 3. The first-order valence-electron chi connectivity index (χ1n) is 29.9. The molecule has 3 aliphatic rings. The van der Waals surface area contributed by atoms with Crippen molar-refractivity contribution in [3.8, 4) is 46.8 Å². The molecule has 0 radical (unpaired) electrons. The SMILES string of the molecule is CCc1ccc(Oc2cc(OC)nc(OC)n2)cc1C1C(=O)C(C)(C)OC(C)(CCCc2ccc(Oc3nc(Cl)c(Cl)cc3Cl)cc2C2C(=O)C(C)(C)OC(C)(CCCc3ccc(Oc4ncc(Cl)cc4C(F)(F)F)cc3C3C(=O)C(C)(C)OC(C)(C)C3=O)C2=O)C1=O. The van der Waals surface area contributed by atoms with E-state index >= 15 is 14.4 Å². The summed E-state index contributed by atoms with van der Waals surface area (Å²) < 4.78 is 90.5. The van der Waals surface area contributed by atoms with Crippen LogP contribution in [0.5, 0.6) is 46.8 Å². The van der Waals surface area contributed by atoms with Crippen molar-refractivity contribution < 1.29 is 79.8 Å². The van der Waals surface area contributed by atoms with Gasteiger partial charge in [-0.1, -0.05) is 71.5 Å². The summed E-state index contributed by atoms with van der Waals surface area (Å²) in [4.78, 5) is 105. The van der Waals surface area contributed by atoms with E-state index in [-0.39, 0.29) is 111 Å². The van der Waals surface area contributed by atoms with Gasteiger partial charge in [0.25, 0.3) is 0 Å². The summed E-state index contributed by atoms with van der Waals surface area (Å²) in [6, 6.07) is 17.6. The number of ether oxygens (including phenoxy) is 8. The summed E-state index contributed by atoms with van der Waals surface area (Å²) in [5.41, 5.74) is -8.11. The number of rotatable bonds is 20. The number of carbonyl (C=O) groups excluding carboxylic acids is 6. The van der Waals surface area contributed by atoms with E-state index in [9.17, 15) is 27.6 Å². The third-order valence-corrected chi connectivity index (χ3v) is 18.2. The lowest BCUT2D eigenvalue weighted by molar-refractivity contribution is -0.189. The van der Waals surface area contributed by atoms with E-state index in [1.54, 1.807) is 71.9 Å². The number of halogens is 7. The lowest BCUT2D eigenvalue weighted by Gasteiger charge is -2.45. The Morgan fingerprint density at radius 1 is 0.495 bits per heavy atom. The van der Waals surface area contributed by atoms with Crippen LogP contribution in [0.2, 0.25) is 20.2 Å². The number of methoxy groups -OCH3 is 2. The van der Waals surface area contributed by atoms with E-state index in [1.165, 1.54) is 78.3 Å². The Labute approximate surface area is 555 Å². The zero-order valence-electron chi connectivity index (χ0n) is 53.3. The first-order valence-corrected chi connectivity index (χ1v) is 31.4. The van der Waals surface area contributed by atoms with Gasteiger partial charge in [0.2, 0.25) is 23.5 Å². The zero-order valence-corrected chi connectivity index (χ0v) is 56.4. The van der Waals surface area contributed by atoms with Gasteiger partial charge in [0.1, 0.15) is 79.2 Å². The van der Waals surface area contributed by atoms with Crippen LogP contribution in [-0.4, -0.2) is 102 Å². The Balaban J connectivity index is 1.04. The first kappa shape index (κ1) is 70.2. The van der Waals surface area contributed by atoms with Crippen molar-refractivity contribution in [1.82, 2.24) is 19.9 Å². The summed E-state index contributed by atoms with van der Waals surface area (Å²) in [6.45, 7) is 17.6. The average molecular weight is 1370 g/mol. The number of hydrogen-bond donors (Lipinski definition) is 0. The Hall–Kier alpha value is -7.11. The smallest absolute Gasteiger partial charge is 0.421 e. The van der Waals surface area contributed by atoms with Crippen molar-refractivity contribution in [2.75, 3.05) is 14.2 Å². The van der Waals surface area contributed by atoms with E-state index in [0.29, 0.717) is 29.2 Å². The van der Waals surface area contributed by atoms with Gasteiger partial charge in [0.15, 0.2) is 39.9 Å². The van der Waals surface area contributed by atoms with Gasteiger partial charge in [-0.05, 0) is 196 Å². The third kappa shape index (κ3) is 14.5. The average Bonchev–Trinajstić information content (AvgIpc) is 0.753. The monoisotopic (exact) mass is 1360 g/mol. The van der Waals surface area contributed by atoms with E-state index < -0.39 is 104 Å². The number of carbonyl (C=O) groups is 6. The van der Waals surface area contributed by atoms with Gasteiger partial charge in [-0.25, -0.2) is 4.98 Å². The highest BCUT2D eigenvalue weighted by Crippen LogP contribution is 2.48. The fourth-order valence-electron chi connectivity index (χ4n) is 12.5. The van der Waals surface area contributed by atoms with Crippen LogP contribution in [0.4, 0.5) is 13.2 Å². The fourth-order valence-corrected chi connectivity index (χ4v) is 13.2. The molecule has 3 aliphatic heterocycles. The van der Waals surface area contributed by atoms with Gasteiger partial charge in [0.05, 0.1) is 30.3 Å². The molecule has 3 aromatic carbocycles. The third-order valence-electron chi connectivity index (χ3n) is 17.0. The number of pyridine rings is 2. The van der Waals surface area contributed by atoms with Crippen molar-refractivity contribution >= 4 is 81.1 Å². The number of benzene rings is 3. The van der Waals surface area contributed by atoms with Gasteiger partial charge >= 0.3 is 12.2 Å². The van der Waals surface area contributed by atoms with Crippen LogP contribution < -0.4 is 23.7 Å². The molecule has 3 aromatic heterocycles. The molecule has 0 N–H and O–H groups in total. The van der Waals surface area contributed by atoms with Gasteiger partial charge in [-0.15, -0.1) is 0 Å². The van der Waals surface area contributed by atoms with Crippen LogP contribution in [0.25, 0.3) is 0 Å². The molecule has 0 amide bonds. The van der Waals surface area contributed by atoms with Crippen molar-refractivity contribution in [2.45, 2.75) is 179 Å². The van der Waals surface area contributed by atoms with Crippen molar-refractivity contribution in [1.29, 1.82) is 0 Å². The molecule has 0 spiro atoms. The lowest BCUT2D eigenvalue weighted by Crippen LogP contribution is -2.59. The molecule has 6 aromatic rings. The highest BCUT2D eigenvalue weighted by atomic mass is 35.5. The molecule has 0 bridgehead atoms. The van der Waals surface area contributed by atoms with Crippen molar-refractivity contribution in [3.63, 3.8) is 0 Å². The Morgan fingerprint density at radius 3 is 1.39 bits per heavy atom. The zero-order chi connectivity index (χ0) is 68.3. The lowest BCUT2D eigenvalue weighted by atomic mass is 9.70. The molecule has 6 heterocycles. The predicted molar refractivity (Wildman–Crippen MR) is 338 cm³/mol. The summed E-state index contributed by atoms with van der Waals surface area (Å²) in [6.07, 6.45) is -2.85. The summed E-state index contributed by atoms with van der Waals surface area (Å²) in [5.74, 6) is -8.10. The molecular formula is C68H69Cl4F3N4O14. The summed E-state index contributed by atoms with van der Waals surface area (Å²) in [5, 5.41) is -0.338. The Kier molecular flexibility index (Phi) is 19.8. The molecule has 0 saturated carbocycles. The molecule has 18 nitrogen and oxygen atoms in total. The minimum Gasteiger partial charge on any atom is -0.481 e. The Morgan fingerprint density at radius 2 is 0.925 bits per heavy atom. The van der Waals surface area contributed by atoms with Crippen LogP contribution in [0.15, 0.2) is 79.0 Å². The predicted octanol–water partition coefficient (Wildman–Crippen LogP) is 15.3. The number of aromatic nitrogens is 4. The molecule has 25 heteroatoms. The number of ketones is 6. The molecule has 4 atom stereocenters. The van der Waals surface area contributed by atoms with Crippen LogP contribution in [0.1, 0.15) is 159 Å². The second-order valence-corrected chi connectivity index (χ2v) is 27.1. The van der Waals surface area contributed by atoms with E-state index in [4.69, 9.17) is 84.3 Å². The molecule has 0 aliphatic carbocycles. The standard InChI is InChI=1S/C68H69Cl4F3N4O14/c1-14-34-19-22-38(88-48-32-47(86-12)77-61(78-48)87-13)28-41(34)50-54(82)64(6,7)92-66(10,56(50)84)25-16-18-36-21-24-40(90-60-46(71)31-45(70)58(72)79-60)30-43(36)51-55(83)65(8,9)93-67(11,57(51)85)26-15-17-35-20-23-39(89-59-44(68(73,74)75)27-37(69)33-76-59)29-42(35)49-52(80)62(2,3)91-63(4,5)53(49)81/h19-24,27-33,49-51H,14-18,25-26H2,1-13H3. The molecule has 93 heavy (non-hydrogen) atoms. The highest BCUT2D eigenvalue weighted by molar-refractivity contribution is 6.42. The first-order chi connectivity index (χ1) is 43.3. The maximum Gasteiger partial charge on any atom is 0.421 e. The minimum absolute atomic E-state index is 0.00177. The molecule has 4 unspecified atom stereocenters. The van der Waals surface area contributed by atoms with Crippen molar-refractivity contribution in [3.05, 3.63) is 138 Å². The highest BCUT2D eigenvalue weighted by Gasteiger charge is 2.58. The second-order valence-electron chi connectivity index (χ2n) is 25.5. The van der Waals surface area contributed by atoms with Crippen LogP contribution >= 0.6 is 46.4 Å². The number of nitrogens with zero attached hydrogens (tertiary/aromatic N) is 4. The summed E-state index contributed by atoms with van der Waals surface area (Å²) in [7, 11) is 2.82. The van der Waals surface area contributed by atoms with E-state index in [2.05, 4.69) is 19.9 Å². The number of hydrogen-bond acceptors (Lipinski definition) is 18. The van der Waals surface area contributed by atoms with Gasteiger partial charge in [0, 0.05) is 6.20 Å². The second kappa shape index (κ2) is 26.2. The van der Waals surface area contributed by atoms with Gasteiger partial charge < -0.3 is 37.9 Å². The topological polar surface area (TPSA) is 228 Å². The molecular weight excluding hydrogens is 1300 g/mol. The van der Waals surface area contributed by atoms with Gasteiger partial charge in [-0.2, -0.15) is 28.1 Å². The fraction of sp³-hybridized carbons (Fsp3) is 0.441. The van der Waals surface area contributed by atoms with Crippen LogP contribution in [0.3, 0.4) is 0 Å². The van der Waals surface area contributed by atoms with Crippen molar-refractivity contribution in [2.24, 2.45) is 0 Å². The normalized spacial score (nSPS) is 22.0. The number of alkyl halides is 3. The largest absolute Gasteiger partial charge is 0.481 e. The maximum atomic E-state index is 15.6. The van der Waals surface area contributed by atoms with Gasteiger partial charge in [-0.3, -0.25) is 28.8 Å². The van der Waals surface area contributed by atoms with E-state index in [0.717, 1.165) is 11.8 Å². The maximum absolute atomic E-state index is 15.6. The van der Waals surface area contributed by atoms with E-state index in [1.807, 2.05) is 6.92 Å². The number of Topliss-reactive ketones (excluding diaryl/α,β-unsaturated/α-hetero) is 6. The molecule has 3 fully saturated rings. The molecule has 9 rings (SSSR count). The quantitative estimate of drug-likeness (QED) is 0.0511. The van der Waals surface area contributed by atoms with Crippen LogP contribution in [-0.2, 0) is 68.4 Å².